The van der Waals surface area contributed by atoms with Gasteiger partial charge in [0.1, 0.15) is 0 Å². The highest BCUT2D eigenvalue weighted by Crippen LogP contribution is 2.62. The van der Waals surface area contributed by atoms with E-state index in [1.165, 1.54) is 186 Å². The van der Waals surface area contributed by atoms with Crippen molar-refractivity contribution in [3.63, 3.8) is 0 Å². The average Bonchev–Trinajstić information content (AvgIpc) is 4.25. The smallest absolute Gasteiger partial charge is 0.000719 e. The third kappa shape index (κ3) is 6.00. The Bertz CT molecular complexity index is 5070. The van der Waals surface area contributed by atoms with Crippen LogP contribution in [0, 0.1) is 0 Å². The monoisotopic (exact) mass is 1010 g/mol. The maximum atomic E-state index is 2.46. The van der Waals surface area contributed by atoms with Crippen molar-refractivity contribution in [1.82, 2.24) is 0 Å². The molecule has 0 saturated heterocycles. The maximum absolute atomic E-state index is 2.46. The molecule has 18 rings (SSSR count). The molecule has 0 spiro atoms. The van der Waals surface area contributed by atoms with Gasteiger partial charge in [0, 0.05) is 0 Å². The molecule has 2 aliphatic rings. The van der Waals surface area contributed by atoms with Gasteiger partial charge in [-0.2, -0.15) is 0 Å². The highest BCUT2D eigenvalue weighted by Gasteiger charge is 2.35. The summed E-state index contributed by atoms with van der Waals surface area (Å²) in [5.74, 6) is 0. The second-order valence-corrected chi connectivity index (χ2v) is 22.0. The van der Waals surface area contributed by atoms with Crippen molar-refractivity contribution in [2.45, 2.75) is 0 Å². The first-order valence-electron chi connectivity index (χ1n) is 28.0. The van der Waals surface area contributed by atoms with Gasteiger partial charge in [-0.15, -0.1) is 0 Å². The normalized spacial score (nSPS) is 12.2. The minimum absolute atomic E-state index is 1.23. The number of hydrogen-bond acceptors (Lipinski definition) is 0. The zero-order chi connectivity index (χ0) is 52.2. The quantitative estimate of drug-likeness (QED) is 0.161. The Kier molecular flexibility index (Phi) is 9.04. The minimum Gasteiger partial charge on any atom is -0.0616 e. The average molecular weight is 1010 g/mol. The van der Waals surface area contributed by atoms with E-state index >= 15 is 0 Å². The lowest BCUT2D eigenvalue weighted by Gasteiger charge is -2.21. The summed E-state index contributed by atoms with van der Waals surface area (Å²) >= 11 is 0. The van der Waals surface area contributed by atoms with Crippen molar-refractivity contribution < 1.29 is 0 Å². The summed E-state index contributed by atoms with van der Waals surface area (Å²) in [6, 6.07) is 105. The van der Waals surface area contributed by atoms with Crippen molar-refractivity contribution in [1.29, 1.82) is 0 Å². The van der Waals surface area contributed by atoms with E-state index < -0.39 is 0 Å². The maximum Gasteiger partial charge on any atom is -0.000719 e. The fourth-order valence-electron chi connectivity index (χ4n) is 14.8. The number of hydrogen-bond donors (Lipinski definition) is 0. The van der Waals surface area contributed by atoms with Gasteiger partial charge in [-0.05, 0) is 198 Å². The molecule has 16 aromatic rings. The molecule has 366 valence electrons. The van der Waals surface area contributed by atoms with Crippen LogP contribution in [-0.4, -0.2) is 0 Å². The molecule has 0 atom stereocenters. The van der Waals surface area contributed by atoms with E-state index in [0.29, 0.717) is 0 Å². The van der Waals surface area contributed by atoms with Gasteiger partial charge in [0.15, 0.2) is 0 Å². The molecule has 0 aliphatic heterocycles. The van der Waals surface area contributed by atoms with E-state index in [0.717, 1.165) is 0 Å². The zero-order valence-corrected chi connectivity index (χ0v) is 43.6. The largest absolute Gasteiger partial charge is 0.0616 e. The molecule has 0 fully saturated rings. The fourth-order valence-corrected chi connectivity index (χ4v) is 14.8. The molecule has 2 aliphatic carbocycles. The van der Waals surface area contributed by atoms with Crippen molar-refractivity contribution in [2.24, 2.45) is 0 Å². The van der Waals surface area contributed by atoms with Crippen LogP contribution in [0.3, 0.4) is 0 Å². The third-order valence-electron chi connectivity index (χ3n) is 18.1. The Morgan fingerprint density at radius 1 is 0.138 bits per heavy atom. The van der Waals surface area contributed by atoms with E-state index in [1.54, 1.807) is 0 Å². The summed E-state index contributed by atoms with van der Waals surface area (Å²) < 4.78 is 0. The molecule has 0 aromatic heterocycles. The molecule has 0 heteroatoms. The molecule has 0 saturated carbocycles. The van der Waals surface area contributed by atoms with Crippen molar-refractivity contribution >= 4 is 86.2 Å². The molecular formula is C80H46. The molecule has 80 heavy (non-hydrogen) atoms. The van der Waals surface area contributed by atoms with Crippen LogP contribution >= 0.6 is 0 Å². The number of fused-ring (bicyclic) bond motifs is 12. The SMILES string of the molecule is c1ccc2cc(-c3c4c(c(-c5cccc6ccccc56)c5ccccc35)-c3cccc5c(-c6ccc7c8c(cccc68)-c6c-7c(-c7ccc8ccccc8c7)c7ccccc7c6-c6cccc7ccccc67)ccc-4c35)ccc2c1. The molecule has 0 radical (unpaired) electrons. The Morgan fingerprint density at radius 3 is 0.863 bits per heavy atom. The summed E-state index contributed by atoms with van der Waals surface area (Å²) in [6.45, 7) is 0. The molecule has 0 amide bonds. The highest BCUT2D eigenvalue weighted by molar-refractivity contribution is 6.33. The first-order valence-corrected chi connectivity index (χ1v) is 28.0. The van der Waals surface area contributed by atoms with Crippen LogP contribution in [-0.2, 0) is 0 Å². The topological polar surface area (TPSA) is 0 Å². The van der Waals surface area contributed by atoms with Gasteiger partial charge in [-0.3, -0.25) is 0 Å². The Hall–Kier alpha value is -10.4. The summed E-state index contributed by atoms with van der Waals surface area (Å²) in [7, 11) is 0. The summed E-state index contributed by atoms with van der Waals surface area (Å²) in [4.78, 5) is 0. The van der Waals surface area contributed by atoms with Crippen LogP contribution in [0.1, 0.15) is 0 Å². The van der Waals surface area contributed by atoms with Crippen molar-refractivity contribution in [3.05, 3.63) is 279 Å². The molecule has 0 bridgehead atoms. The lowest BCUT2D eigenvalue weighted by molar-refractivity contribution is 1.65. The van der Waals surface area contributed by atoms with Crippen molar-refractivity contribution in [2.75, 3.05) is 0 Å². The van der Waals surface area contributed by atoms with Crippen LogP contribution in [0.2, 0.25) is 0 Å². The molecular weight excluding hydrogens is 961 g/mol. The van der Waals surface area contributed by atoms with Crippen molar-refractivity contribution in [3.8, 4) is 100 Å². The van der Waals surface area contributed by atoms with Gasteiger partial charge in [0.25, 0.3) is 0 Å². The van der Waals surface area contributed by atoms with E-state index in [2.05, 4.69) is 279 Å². The molecule has 0 heterocycles. The molecule has 0 nitrogen and oxygen atoms in total. The second-order valence-electron chi connectivity index (χ2n) is 22.0. The Morgan fingerprint density at radius 2 is 0.425 bits per heavy atom. The number of rotatable bonds is 5. The molecule has 0 unspecified atom stereocenters. The van der Waals surface area contributed by atoms with Gasteiger partial charge < -0.3 is 0 Å². The number of benzene rings is 16. The summed E-state index contributed by atoms with van der Waals surface area (Å²) in [5.41, 5.74) is 23.0. The van der Waals surface area contributed by atoms with Gasteiger partial charge >= 0.3 is 0 Å². The van der Waals surface area contributed by atoms with Crippen LogP contribution in [0.25, 0.3) is 186 Å². The first kappa shape index (κ1) is 43.7. The van der Waals surface area contributed by atoms with E-state index in [-0.39, 0.29) is 0 Å². The predicted octanol–water partition coefficient (Wildman–Crippen LogP) is 22.5. The Balaban J connectivity index is 0.927. The third-order valence-corrected chi connectivity index (χ3v) is 18.1. The van der Waals surface area contributed by atoms with Gasteiger partial charge in [-0.25, -0.2) is 0 Å². The minimum atomic E-state index is 1.23. The molecule has 16 aromatic carbocycles. The van der Waals surface area contributed by atoms with E-state index in [4.69, 9.17) is 0 Å². The zero-order valence-electron chi connectivity index (χ0n) is 43.6. The van der Waals surface area contributed by atoms with Crippen LogP contribution in [0.5, 0.6) is 0 Å². The lowest BCUT2D eigenvalue weighted by atomic mass is 9.81. The van der Waals surface area contributed by atoms with E-state index in [1.807, 2.05) is 0 Å². The highest BCUT2D eigenvalue weighted by atomic mass is 14.4. The fraction of sp³-hybridized carbons (Fsp3) is 0. The van der Waals surface area contributed by atoms with Crippen LogP contribution < -0.4 is 0 Å². The summed E-state index contributed by atoms with van der Waals surface area (Å²) in [5, 5.41) is 20.2. The van der Waals surface area contributed by atoms with Gasteiger partial charge in [0.05, 0.1) is 0 Å². The predicted molar refractivity (Wildman–Crippen MR) is 343 cm³/mol. The Labute approximate surface area is 462 Å². The van der Waals surface area contributed by atoms with Crippen LogP contribution in [0.4, 0.5) is 0 Å². The lowest BCUT2D eigenvalue weighted by Crippen LogP contribution is -1.94. The summed E-state index contributed by atoms with van der Waals surface area (Å²) in [6.07, 6.45) is 0. The second kappa shape index (κ2) is 16.6. The molecule has 0 N–H and O–H groups in total. The standard InChI is InChI=1S/C80H46/c1-3-21-51-45-53(39-37-47(51)17-1)71-63-27-9-11-29-65(63)75(59-31-13-23-49-19-5-7-25-55(49)59)79-67-35-15-33-61-57(41-43-69(73(61)67)77(71)79)58-42-44-70-74-62(58)34-16-36-68(74)80-76(60-32-14-24-50-20-6-8-26-56(50)60)66-30-12-10-28-64(66)72(78(70)80)54-40-38-48-18-2-4-22-52(48)46-54/h1-46H. The first-order chi connectivity index (χ1) is 39.7. The van der Waals surface area contributed by atoms with Gasteiger partial charge in [0.2, 0.25) is 0 Å². The van der Waals surface area contributed by atoms with E-state index in [9.17, 15) is 0 Å². The van der Waals surface area contributed by atoms with Gasteiger partial charge in [-0.1, -0.05) is 267 Å². The van der Waals surface area contributed by atoms with Crippen LogP contribution in [0.15, 0.2) is 279 Å².